The Morgan fingerprint density at radius 3 is 2.62 bits per heavy atom. The fourth-order valence-electron chi connectivity index (χ4n) is 2.35. The number of nitrogens with zero attached hydrogens (tertiary/aromatic N) is 2. The van der Waals surface area contributed by atoms with Gasteiger partial charge >= 0.3 is 0 Å². The normalized spacial score (nSPS) is 26.4. The van der Waals surface area contributed by atoms with E-state index in [4.69, 9.17) is 17.2 Å². The smallest absolute Gasteiger partial charge is 0.218 e. The summed E-state index contributed by atoms with van der Waals surface area (Å²) >= 11 is 0. The first kappa shape index (κ1) is 12.8. The van der Waals surface area contributed by atoms with Gasteiger partial charge in [0.1, 0.15) is 0 Å². The standard InChI is InChI=1S/C11H23N5/c1-8-3-2-4-9(7-8)5-6-15-11(14)16-10(12)13/h8-9H,2-7H2,1H3,(H6,12,13,14,15,16). The fourth-order valence-corrected chi connectivity index (χ4v) is 2.35. The van der Waals surface area contributed by atoms with Gasteiger partial charge in [-0.2, -0.15) is 4.99 Å². The molecule has 16 heavy (non-hydrogen) atoms. The summed E-state index contributed by atoms with van der Waals surface area (Å²) in [6.45, 7) is 3.04. The quantitative estimate of drug-likeness (QED) is 0.488. The summed E-state index contributed by atoms with van der Waals surface area (Å²) in [6.07, 6.45) is 6.44. The molecule has 1 rings (SSSR count). The molecule has 0 aromatic heterocycles. The van der Waals surface area contributed by atoms with Gasteiger partial charge in [-0.25, -0.2) is 0 Å². The van der Waals surface area contributed by atoms with Crippen LogP contribution in [0.3, 0.4) is 0 Å². The summed E-state index contributed by atoms with van der Waals surface area (Å²) in [5.74, 6) is 1.80. The molecule has 2 unspecified atom stereocenters. The van der Waals surface area contributed by atoms with Gasteiger partial charge < -0.3 is 17.2 Å². The lowest BCUT2D eigenvalue weighted by molar-refractivity contribution is 0.273. The van der Waals surface area contributed by atoms with E-state index in [-0.39, 0.29) is 11.9 Å². The van der Waals surface area contributed by atoms with E-state index in [1.165, 1.54) is 25.7 Å². The van der Waals surface area contributed by atoms with Crippen LogP contribution in [0.4, 0.5) is 0 Å². The Bertz CT molecular complexity index is 268. The molecule has 0 amide bonds. The minimum atomic E-state index is -0.0347. The van der Waals surface area contributed by atoms with Gasteiger partial charge in [-0.3, -0.25) is 4.99 Å². The molecule has 1 aliphatic carbocycles. The maximum absolute atomic E-state index is 5.52. The molecule has 5 nitrogen and oxygen atoms in total. The number of hydrogen-bond acceptors (Lipinski definition) is 1. The van der Waals surface area contributed by atoms with Crippen LogP contribution < -0.4 is 17.2 Å². The second kappa shape index (κ2) is 6.35. The van der Waals surface area contributed by atoms with E-state index in [9.17, 15) is 0 Å². The van der Waals surface area contributed by atoms with Gasteiger partial charge in [-0.15, -0.1) is 0 Å². The van der Waals surface area contributed by atoms with Crippen molar-refractivity contribution in [1.82, 2.24) is 0 Å². The zero-order chi connectivity index (χ0) is 12.0. The number of nitrogens with two attached hydrogens (primary N) is 3. The number of rotatable bonds is 3. The Morgan fingerprint density at radius 2 is 2.00 bits per heavy atom. The third kappa shape index (κ3) is 5.00. The Balaban J connectivity index is 2.26. The van der Waals surface area contributed by atoms with Crippen LogP contribution in [-0.4, -0.2) is 18.5 Å². The van der Waals surface area contributed by atoms with Crippen LogP contribution in [0.25, 0.3) is 0 Å². The average Bonchev–Trinajstić information content (AvgIpc) is 2.16. The highest BCUT2D eigenvalue weighted by Crippen LogP contribution is 2.30. The molecule has 5 heteroatoms. The van der Waals surface area contributed by atoms with Crippen molar-refractivity contribution in [2.75, 3.05) is 6.54 Å². The lowest BCUT2D eigenvalue weighted by Gasteiger charge is -2.25. The van der Waals surface area contributed by atoms with Crippen molar-refractivity contribution in [3.63, 3.8) is 0 Å². The molecule has 1 saturated carbocycles. The topological polar surface area (TPSA) is 103 Å². The molecule has 2 atom stereocenters. The van der Waals surface area contributed by atoms with Gasteiger partial charge in [-0.1, -0.05) is 26.2 Å². The van der Waals surface area contributed by atoms with Gasteiger partial charge in [-0.05, 0) is 24.7 Å². The van der Waals surface area contributed by atoms with Crippen molar-refractivity contribution < 1.29 is 0 Å². The highest BCUT2D eigenvalue weighted by Gasteiger charge is 2.17. The van der Waals surface area contributed by atoms with Gasteiger partial charge in [0, 0.05) is 6.54 Å². The highest BCUT2D eigenvalue weighted by atomic mass is 15.1. The lowest BCUT2D eigenvalue weighted by atomic mass is 9.81. The van der Waals surface area contributed by atoms with Crippen molar-refractivity contribution >= 4 is 11.9 Å². The van der Waals surface area contributed by atoms with Crippen LogP contribution in [-0.2, 0) is 0 Å². The molecule has 0 saturated heterocycles. The van der Waals surface area contributed by atoms with Crippen LogP contribution in [0, 0.1) is 11.8 Å². The second-order valence-electron chi connectivity index (χ2n) is 4.70. The van der Waals surface area contributed by atoms with Crippen LogP contribution in [0.15, 0.2) is 9.98 Å². The maximum Gasteiger partial charge on any atom is 0.218 e. The van der Waals surface area contributed by atoms with Gasteiger partial charge in [0.2, 0.25) is 5.96 Å². The van der Waals surface area contributed by atoms with Crippen molar-refractivity contribution in [3.8, 4) is 0 Å². The fraction of sp³-hybridized carbons (Fsp3) is 0.818. The zero-order valence-corrected chi connectivity index (χ0v) is 10.0. The largest absolute Gasteiger partial charge is 0.370 e. The molecule has 6 N–H and O–H groups in total. The van der Waals surface area contributed by atoms with Gasteiger partial charge in [0.05, 0.1) is 0 Å². The Morgan fingerprint density at radius 1 is 1.25 bits per heavy atom. The molecule has 0 aliphatic heterocycles. The Kier molecular flexibility index (Phi) is 5.08. The predicted octanol–water partition coefficient (Wildman–Crippen LogP) is 0.791. The molecule has 0 aromatic carbocycles. The third-order valence-corrected chi connectivity index (χ3v) is 3.10. The number of guanidine groups is 2. The van der Waals surface area contributed by atoms with Crippen LogP contribution in [0.5, 0.6) is 0 Å². The van der Waals surface area contributed by atoms with E-state index in [1.54, 1.807) is 0 Å². The Hall–Kier alpha value is -1.26. The van der Waals surface area contributed by atoms with E-state index >= 15 is 0 Å². The van der Waals surface area contributed by atoms with Crippen molar-refractivity contribution in [1.29, 1.82) is 0 Å². The summed E-state index contributed by atoms with van der Waals surface area (Å²) in [5, 5.41) is 0. The van der Waals surface area contributed by atoms with Crippen LogP contribution in [0.2, 0.25) is 0 Å². The van der Waals surface area contributed by atoms with Gasteiger partial charge in [0.25, 0.3) is 0 Å². The van der Waals surface area contributed by atoms with E-state index in [2.05, 4.69) is 16.9 Å². The molecular formula is C11H23N5. The first-order valence-electron chi connectivity index (χ1n) is 5.97. The summed E-state index contributed by atoms with van der Waals surface area (Å²) in [4.78, 5) is 7.81. The predicted molar refractivity (Wildman–Crippen MR) is 68.0 cm³/mol. The summed E-state index contributed by atoms with van der Waals surface area (Å²) < 4.78 is 0. The van der Waals surface area contributed by atoms with E-state index < -0.39 is 0 Å². The van der Waals surface area contributed by atoms with Crippen molar-refractivity contribution in [2.24, 2.45) is 39.0 Å². The second-order valence-corrected chi connectivity index (χ2v) is 4.70. The lowest BCUT2D eigenvalue weighted by Crippen LogP contribution is -2.26. The first-order chi connectivity index (χ1) is 7.58. The minimum absolute atomic E-state index is 0.0347. The molecule has 1 fully saturated rings. The van der Waals surface area contributed by atoms with Gasteiger partial charge in [0.15, 0.2) is 5.96 Å². The molecule has 0 radical (unpaired) electrons. The molecular weight excluding hydrogens is 202 g/mol. The SMILES string of the molecule is CC1CCCC(CCN=C(N)N=C(N)N)C1. The molecule has 0 aromatic rings. The summed E-state index contributed by atoms with van der Waals surface area (Å²) in [5.41, 5.74) is 15.9. The third-order valence-electron chi connectivity index (χ3n) is 3.10. The van der Waals surface area contributed by atoms with Crippen LogP contribution >= 0.6 is 0 Å². The molecule has 0 heterocycles. The molecule has 1 aliphatic rings. The minimum Gasteiger partial charge on any atom is -0.370 e. The number of hydrogen-bond donors (Lipinski definition) is 3. The molecule has 0 spiro atoms. The number of aliphatic imine (C=N–C) groups is 2. The molecule has 92 valence electrons. The first-order valence-corrected chi connectivity index (χ1v) is 5.97. The monoisotopic (exact) mass is 225 g/mol. The van der Waals surface area contributed by atoms with E-state index in [1.807, 2.05) is 0 Å². The van der Waals surface area contributed by atoms with Crippen molar-refractivity contribution in [3.05, 3.63) is 0 Å². The van der Waals surface area contributed by atoms with Crippen molar-refractivity contribution in [2.45, 2.75) is 39.0 Å². The summed E-state index contributed by atoms with van der Waals surface area (Å²) in [6, 6.07) is 0. The van der Waals surface area contributed by atoms with E-state index in [0.717, 1.165) is 24.8 Å². The van der Waals surface area contributed by atoms with E-state index in [0.29, 0.717) is 0 Å². The zero-order valence-electron chi connectivity index (χ0n) is 10.0. The Labute approximate surface area is 97.2 Å². The highest BCUT2D eigenvalue weighted by molar-refractivity contribution is 5.92. The van der Waals surface area contributed by atoms with Crippen LogP contribution in [0.1, 0.15) is 39.0 Å². The average molecular weight is 225 g/mol. The summed E-state index contributed by atoms with van der Waals surface area (Å²) in [7, 11) is 0. The maximum atomic E-state index is 5.52. The molecule has 0 bridgehead atoms.